The van der Waals surface area contributed by atoms with Crippen LogP contribution < -0.4 is 10.2 Å². The van der Waals surface area contributed by atoms with Gasteiger partial charge in [0.1, 0.15) is 0 Å². The van der Waals surface area contributed by atoms with E-state index in [2.05, 4.69) is 36.3 Å². The Kier molecular flexibility index (Phi) is 6.18. The van der Waals surface area contributed by atoms with Crippen LogP contribution in [0.3, 0.4) is 0 Å². The van der Waals surface area contributed by atoms with E-state index in [9.17, 15) is 0 Å². The van der Waals surface area contributed by atoms with Crippen molar-refractivity contribution in [2.24, 2.45) is 0 Å². The van der Waals surface area contributed by atoms with Gasteiger partial charge in [0.2, 0.25) is 0 Å². The molecule has 2 nitrogen and oxygen atoms in total. The molecule has 0 atom stereocenters. The van der Waals surface area contributed by atoms with Crippen LogP contribution in [0.1, 0.15) is 51.0 Å². The lowest BCUT2D eigenvalue weighted by molar-refractivity contribution is 0.551. The second kappa shape index (κ2) is 7.90. The second-order valence-corrected chi connectivity index (χ2v) is 6.25. The van der Waals surface area contributed by atoms with E-state index in [1.54, 1.807) is 0 Å². The van der Waals surface area contributed by atoms with E-state index in [0.717, 1.165) is 18.1 Å². The fourth-order valence-corrected chi connectivity index (χ4v) is 3.34. The molecule has 1 aromatic rings. The van der Waals surface area contributed by atoms with Crippen LogP contribution in [0.15, 0.2) is 18.2 Å². The van der Waals surface area contributed by atoms with Gasteiger partial charge in [-0.1, -0.05) is 44.2 Å². The fraction of sp³-hybridized carbons (Fsp3) is 0.647. The van der Waals surface area contributed by atoms with E-state index in [1.807, 2.05) is 6.07 Å². The van der Waals surface area contributed by atoms with Crippen molar-refractivity contribution in [1.82, 2.24) is 5.32 Å². The molecule has 0 saturated heterocycles. The van der Waals surface area contributed by atoms with Crippen molar-refractivity contribution in [3.8, 4) is 0 Å². The fourth-order valence-electron chi connectivity index (χ4n) is 3.14. The quantitative estimate of drug-likeness (QED) is 0.798. The Labute approximate surface area is 128 Å². The molecule has 1 saturated carbocycles. The Hall–Kier alpha value is -0.730. The van der Waals surface area contributed by atoms with Gasteiger partial charge in [-0.2, -0.15) is 0 Å². The number of halogens is 1. The number of nitrogens with zero attached hydrogens (tertiary/aromatic N) is 1. The van der Waals surface area contributed by atoms with E-state index < -0.39 is 0 Å². The molecule has 20 heavy (non-hydrogen) atoms. The highest BCUT2D eigenvalue weighted by Crippen LogP contribution is 2.29. The highest BCUT2D eigenvalue weighted by molar-refractivity contribution is 6.30. The molecule has 2 rings (SSSR count). The van der Waals surface area contributed by atoms with Gasteiger partial charge in [-0.25, -0.2) is 0 Å². The Bertz CT molecular complexity index is 411. The van der Waals surface area contributed by atoms with Crippen molar-refractivity contribution in [3.05, 3.63) is 28.8 Å². The molecule has 112 valence electrons. The van der Waals surface area contributed by atoms with Crippen LogP contribution in [0, 0.1) is 0 Å². The summed E-state index contributed by atoms with van der Waals surface area (Å²) >= 11 is 6.17. The third kappa shape index (κ3) is 4.13. The van der Waals surface area contributed by atoms with Crippen molar-refractivity contribution in [1.29, 1.82) is 0 Å². The summed E-state index contributed by atoms with van der Waals surface area (Å²) in [6, 6.07) is 6.98. The smallest absolute Gasteiger partial charge is 0.0412 e. The van der Waals surface area contributed by atoms with Gasteiger partial charge >= 0.3 is 0 Å². The minimum Gasteiger partial charge on any atom is -0.371 e. The molecule has 0 heterocycles. The molecule has 0 amide bonds. The molecule has 1 aliphatic carbocycles. The Morgan fingerprint density at radius 3 is 2.55 bits per heavy atom. The highest BCUT2D eigenvalue weighted by Gasteiger charge is 2.19. The van der Waals surface area contributed by atoms with E-state index >= 15 is 0 Å². The normalized spacial score (nSPS) is 16.9. The van der Waals surface area contributed by atoms with Gasteiger partial charge in [-0.15, -0.1) is 0 Å². The molecule has 0 aromatic heterocycles. The van der Waals surface area contributed by atoms with E-state index in [1.165, 1.54) is 49.8 Å². The topological polar surface area (TPSA) is 15.3 Å². The molecule has 3 heteroatoms. The molecule has 1 aliphatic rings. The highest BCUT2D eigenvalue weighted by atomic mass is 35.5. The number of rotatable bonds is 5. The molecule has 0 unspecified atom stereocenters. The Morgan fingerprint density at radius 1 is 1.20 bits per heavy atom. The zero-order valence-corrected chi connectivity index (χ0v) is 13.5. The molecule has 1 aromatic carbocycles. The minimum atomic E-state index is 0.680. The summed E-state index contributed by atoms with van der Waals surface area (Å²) < 4.78 is 0. The molecule has 0 spiro atoms. The average Bonchev–Trinajstić information content (AvgIpc) is 2.73. The van der Waals surface area contributed by atoms with E-state index in [0.29, 0.717) is 6.04 Å². The van der Waals surface area contributed by atoms with Crippen molar-refractivity contribution in [3.63, 3.8) is 0 Å². The van der Waals surface area contributed by atoms with Crippen molar-refractivity contribution in [2.45, 2.75) is 58.0 Å². The van der Waals surface area contributed by atoms with Crippen LogP contribution in [0.4, 0.5) is 5.69 Å². The van der Waals surface area contributed by atoms with Crippen LogP contribution in [0.25, 0.3) is 0 Å². The van der Waals surface area contributed by atoms with Crippen LogP contribution in [-0.4, -0.2) is 19.6 Å². The van der Waals surface area contributed by atoms with Gasteiger partial charge in [0.05, 0.1) is 0 Å². The molecule has 1 fully saturated rings. The van der Waals surface area contributed by atoms with Crippen molar-refractivity contribution < 1.29 is 0 Å². The summed E-state index contributed by atoms with van der Waals surface area (Å²) in [6.07, 6.45) is 8.17. The maximum absolute atomic E-state index is 6.17. The third-order valence-corrected chi connectivity index (χ3v) is 4.59. The summed E-state index contributed by atoms with van der Waals surface area (Å²) in [7, 11) is 2.24. The van der Waals surface area contributed by atoms with Gasteiger partial charge in [0.25, 0.3) is 0 Å². The number of anilines is 1. The maximum Gasteiger partial charge on any atom is 0.0412 e. The number of hydrogen-bond donors (Lipinski definition) is 1. The first-order valence-corrected chi connectivity index (χ1v) is 8.32. The summed E-state index contributed by atoms with van der Waals surface area (Å²) in [4.78, 5) is 2.48. The molecule has 0 aliphatic heterocycles. The SMILES string of the molecule is CCNCc1cc(Cl)ccc1N(C)C1CCCCCC1. The molecule has 0 radical (unpaired) electrons. The predicted molar refractivity (Wildman–Crippen MR) is 88.7 cm³/mol. The first kappa shape index (κ1) is 15.7. The number of benzene rings is 1. The zero-order chi connectivity index (χ0) is 14.4. The van der Waals surface area contributed by atoms with Gasteiger partial charge in [-0.3, -0.25) is 0 Å². The first-order chi connectivity index (χ1) is 9.72. The molecule has 1 N–H and O–H groups in total. The lowest BCUT2D eigenvalue weighted by atomic mass is 10.0. The summed E-state index contributed by atoms with van der Waals surface area (Å²) in [5.41, 5.74) is 2.65. The largest absolute Gasteiger partial charge is 0.371 e. The summed E-state index contributed by atoms with van der Waals surface area (Å²) in [6.45, 7) is 4.02. The monoisotopic (exact) mass is 294 g/mol. The molecular formula is C17H27ClN2. The summed E-state index contributed by atoms with van der Waals surface area (Å²) in [5.74, 6) is 0. The van der Waals surface area contributed by atoms with Crippen molar-refractivity contribution >= 4 is 17.3 Å². The summed E-state index contributed by atoms with van der Waals surface area (Å²) in [5, 5.41) is 4.25. The maximum atomic E-state index is 6.17. The molecule has 0 bridgehead atoms. The number of hydrogen-bond acceptors (Lipinski definition) is 2. The Morgan fingerprint density at radius 2 is 1.90 bits per heavy atom. The lowest BCUT2D eigenvalue weighted by Crippen LogP contribution is -2.32. The predicted octanol–water partition coefficient (Wildman–Crippen LogP) is 4.61. The standard InChI is InChI=1S/C17H27ClN2/c1-3-19-13-14-12-15(18)10-11-17(14)20(2)16-8-6-4-5-7-9-16/h10-12,16,19H,3-9,13H2,1-2H3. The molecular weight excluding hydrogens is 268 g/mol. The van der Waals surface area contributed by atoms with E-state index in [4.69, 9.17) is 11.6 Å². The van der Waals surface area contributed by atoms with Gasteiger partial charge in [-0.05, 0) is 43.1 Å². The van der Waals surface area contributed by atoms with Crippen molar-refractivity contribution in [2.75, 3.05) is 18.5 Å². The van der Waals surface area contributed by atoms with Gasteiger partial charge < -0.3 is 10.2 Å². The zero-order valence-electron chi connectivity index (χ0n) is 12.8. The third-order valence-electron chi connectivity index (χ3n) is 4.36. The van der Waals surface area contributed by atoms with Gasteiger partial charge in [0.15, 0.2) is 0 Å². The van der Waals surface area contributed by atoms with Crippen LogP contribution in [-0.2, 0) is 6.54 Å². The first-order valence-electron chi connectivity index (χ1n) is 7.94. The van der Waals surface area contributed by atoms with Gasteiger partial charge in [0, 0.05) is 30.3 Å². The van der Waals surface area contributed by atoms with Crippen LogP contribution in [0.2, 0.25) is 5.02 Å². The number of nitrogens with one attached hydrogen (secondary N) is 1. The van der Waals surface area contributed by atoms with E-state index in [-0.39, 0.29) is 0 Å². The van der Waals surface area contributed by atoms with Crippen LogP contribution >= 0.6 is 11.6 Å². The minimum absolute atomic E-state index is 0.680. The average molecular weight is 295 g/mol. The Balaban J connectivity index is 2.16. The lowest BCUT2D eigenvalue weighted by Gasteiger charge is -2.31. The second-order valence-electron chi connectivity index (χ2n) is 5.81. The van der Waals surface area contributed by atoms with Crippen LogP contribution in [0.5, 0.6) is 0 Å².